The zero-order valence-corrected chi connectivity index (χ0v) is 8.18. The molecule has 5 heteroatoms. The third kappa shape index (κ3) is 2.85. The number of rotatable bonds is 2. The maximum atomic E-state index is 12.5. The monoisotopic (exact) mass is 211 g/mol. The van der Waals surface area contributed by atoms with Crippen LogP contribution in [-0.4, -0.2) is 25.9 Å². The van der Waals surface area contributed by atoms with Gasteiger partial charge in [-0.15, -0.1) is 0 Å². The van der Waals surface area contributed by atoms with Gasteiger partial charge in [0, 0.05) is 19.8 Å². The predicted octanol–water partition coefficient (Wildman–Crippen LogP) is 1.94. The second-order valence-electron chi connectivity index (χ2n) is 3.94. The van der Waals surface area contributed by atoms with Crippen molar-refractivity contribution in [2.24, 2.45) is 17.6 Å². The van der Waals surface area contributed by atoms with E-state index in [1.165, 1.54) is 7.11 Å². The van der Waals surface area contributed by atoms with E-state index >= 15 is 0 Å². The molecule has 0 aromatic carbocycles. The quantitative estimate of drug-likeness (QED) is 0.757. The molecule has 0 aromatic rings. The molecule has 14 heavy (non-hydrogen) atoms. The fraction of sp³-hybridized carbons (Fsp3) is 1.00. The number of hydrogen-bond acceptors (Lipinski definition) is 2. The molecular weight excluding hydrogens is 195 g/mol. The Morgan fingerprint density at radius 2 is 2.00 bits per heavy atom. The van der Waals surface area contributed by atoms with E-state index in [-0.39, 0.29) is 19.1 Å². The van der Waals surface area contributed by atoms with Crippen molar-refractivity contribution >= 4 is 0 Å². The smallest absolute Gasteiger partial charge is 0.384 e. The standard InChI is InChI=1S/C9H16F3NO/c1-14-5-6-4-7(13)2-3-8(6)9(10,11)12/h6-8H,2-5,13H2,1H3. The van der Waals surface area contributed by atoms with Crippen LogP contribution >= 0.6 is 0 Å². The minimum atomic E-state index is -4.11. The topological polar surface area (TPSA) is 35.2 Å². The highest BCUT2D eigenvalue weighted by Gasteiger charge is 2.46. The predicted molar refractivity (Wildman–Crippen MR) is 46.7 cm³/mol. The molecular formula is C9H16F3NO. The minimum absolute atomic E-state index is 0.103. The van der Waals surface area contributed by atoms with Crippen molar-refractivity contribution in [2.75, 3.05) is 13.7 Å². The van der Waals surface area contributed by atoms with E-state index in [9.17, 15) is 13.2 Å². The molecule has 0 spiro atoms. The molecule has 2 N–H and O–H groups in total. The van der Waals surface area contributed by atoms with Crippen LogP contribution in [0.15, 0.2) is 0 Å². The van der Waals surface area contributed by atoms with Gasteiger partial charge in [0.15, 0.2) is 0 Å². The lowest BCUT2D eigenvalue weighted by atomic mass is 9.77. The summed E-state index contributed by atoms with van der Waals surface area (Å²) in [6.45, 7) is 0.151. The van der Waals surface area contributed by atoms with E-state index in [2.05, 4.69) is 0 Å². The summed E-state index contributed by atoms with van der Waals surface area (Å²) in [5, 5.41) is 0. The Balaban J connectivity index is 2.62. The number of nitrogens with two attached hydrogens (primary N) is 1. The van der Waals surface area contributed by atoms with Gasteiger partial charge in [-0.2, -0.15) is 13.2 Å². The highest BCUT2D eigenvalue weighted by Crippen LogP contribution is 2.41. The Morgan fingerprint density at radius 3 is 2.50 bits per heavy atom. The SMILES string of the molecule is COCC1CC(N)CCC1C(F)(F)F. The molecule has 0 aromatic heterocycles. The first-order valence-electron chi connectivity index (χ1n) is 4.76. The van der Waals surface area contributed by atoms with Gasteiger partial charge in [-0.3, -0.25) is 0 Å². The van der Waals surface area contributed by atoms with Crippen molar-refractivity contribution in [3.8, 4) is 0 Å². The van der Waals surface area contributed by atoms with Crippen LogP contribution in [0, 0.1) is 11.8 Å². The van der Waals surface area contributed by atoms with Crippen LogP contribution in [0.3, 0.4) is 0 Å². The van der Waals surface area contributed by atoms with Crippen molar-refractivity contribution in [3.05, 3.63) is 0 Å². The third-order valence-electron chi connectivity index (χ3n) is 2.82. The van der Waals surface area contributed by atoms with Gasteiger partial charge in [0.1, 0.15) is 0 Å². The van der Waals surface area contributed by atoms with E-state index in [0.29, 0.717) is 12.8 Å². The van der Waals surface area contributed by atoms with Crippen LogP contribution in [0.4, 0.5) is 13.2 Å². The molecule has 0 radical (unpaired) electrons. The van der Waals surface area contributed by atoms with E-state index in [0.717, 1.165) is 0 Å². The van der Waals surface area contributed by atoms with Crippen molar-refractivity contribution in [1.29, 1.82) is 0 Å². The largest absolute Gasteiger partial charge is 0.392 e. The van der Waals surface area contributed by atoms with Gasteiger partial charge in [0.25, 0.3) is 0 Å². The van der Waals surface area contributed by atoms with Crippen LogP contribution in [0.25, 0.3) is 0 Å². The average molecular weight is 211 g/mol. The van der Waals surface area contributed by atoms with E-state index in [1.807, 2.05) is 0 Å². The van der Waals surface area contributed by atoms with E-state index in [4.69, 9.17) is 10.5 Å². The fourth-order valence-corrected chi connectivity index (χ4v) is 2.13. The summed E-state index contributed by atoms with van der Waals surface area (Å²) in [4.78, 5) is 0. The molecule has 2 nitrogen and oxygen atoms in total. The Bertz CT molecular complexity index is 183. The summed E-state index contributed by atoms with van der Waals surface area (Å²) in [6, 6.07) is -0.103. The maximum Gasteiger partial charge on any atom is 0.392 e. The molecule has 1 saturated carbocycles. The Morgan fingerprint density at radius 1 is 1.36 bits per heavy atom. The van der Waals surface area contributed by atoms with Crippen molar-refractivity contribution in [2.45, 2.75) is 31.5 Å². The van der Waals surface area contributed by atoms with Crippen molar-refractivity contribution in [1.82, 2.24) is 0 Å². The molecule has 0 bridgehead atoms. The van der Waals surface area contributed by atoms with Crippen molar-refractivity contribution in [3.63, 3.8) is 0 Å². The fourth-order valence-electron chi connectivity index (χ4n) is 2.13. The molecule has 0 aliphatic heterocycles. The third-order valence-corrected chi connectivity index (χ3v) is 2.82. The normalized spacial score (nSPS) is 34.5. The lowest BCUT2D eigenvalue weighted by molar-refractivity contribution is -0.201. The van der Waals surface area contributed by atoms with Gasteiger partial charge in [0.2, 0.25) is 0 Å². The average Bonchev–Trinajstić information content (AvgIpc) is 2.02. The minimum Gasteiger partial charge on any atom is -0.384 e. The number of hydrogen-bond donors (Lipinski definition) is 1. The highest BCUT2D eigenvalue weighted by molar-refractivity contribution is 4.85. The first-order valence-corrected chi connectivity index (χ1v) is 4.76. The van der Waals surface area contributed by atoms with Crippen LogP contribution in [0.1, 0.15) is 19.3 Å². The van der Waals surface area contributed by atoms with E-state index in [1.54, 1.807) is 0 Å². The summed E-state index contributed by atoms with van der Waals surface area (Å²) in [5.41, 5.74) is 5.64. The van der Waals surface area contributed by atoms with E-state index < -0.39 is 18.0 Å². The molecule has 84 valence electrons. The summed E-state index contributed by atoms with van der Waals surface area (Å²) in [6.07, 6.45) is -3.09. The number of ether oxygens (including phenoxy) is 1. The Labute approximate surface area is 81.6 Å². The molecule has 0 saturated heterocycles. The molecule has 0 amide bonds. The van der Waals surface area contributed by atoms with Crippen LogP contribution < -0.4 is 5.73 Å². The van der Waals surface area contributed by atoms with Gasteiger partial charge in [0.05, 0.1) is 5.92 Å². The molecule has 3 atom stereocenters. The summed E-state index contributed by atoms with van der Waals surface area (Å²) in [5.74, 6) is -1.70. The first-order chi connectivity index (χ1) is 6.45. The zero-order chi connectivity index (χ0) is 10.8. The van der Waals surface area contributed by atoms with Gasteiger partial charge >= 0.3 is 6.18 Å². The summed E-state index contributed by atoms with van der Waals surface area (Å²) < 4.78 is 42.4. The number of halogens is 3. The zero-order valence-electron chi connectivity index (χ0n) is 8.18. The number of methoxy groups -OCH3 is 1. The second kappa shape index (κ2) is 4.49. The molecule has 1 aliphatic rings. The van der Waals surface area contributed by atoms with Crippen LogP contribution in [0.5, 0.6) is 0 Å². The molecule has 1 fully saturated rings. The Kier molecular flexibility index (Phi) is 3.78. The van der Waals surface area contributed by atoms with Gasteiger partial charge in [-0.25, -0.2) is 0 Å². The van der Waals surface area contributed by atoms with Gasteiger partial charge in [-0.05, 0) is 25.2 Å². The second-order valence-corrected chi connectivity index (χ2v) is 3.94. The van der Waals surface area contributed by atoms with Crippen LogP contribution in [0.2, 0.25) is 0 Å². The highest BCUT2D eigenvalue weighted by atomic mass is 19.4. The Hall–Kier alpha value is -0.290. The molecule has 0 heterocycles. The molecule has 3 unspecified atom stereocenters. The van der Waals surface area contributed by atoms with Gasteiger partial charge < -0.3 is 10.5 Å². The van der Waals surface area contributed by atoms with Crippen LogP contribution in [-0.2, 0) is 4.74 Å². The molecule has 1 rings (SSSR count). The first kappa shape index (κ1) is 11.8. The lowest BCUT2D eigenvalue weighted by Gasteiger charge is -2.35. The van der Waals surface area contributed by atoms with Crippen molar-refractivity contribution < 1.29 is 17.9 Å². The van der Waals surface area contributed by atoms with Gasteiger partial charge in [-0.1, -0.05) is 0 Å². The lowest BCUT2D eigenvalue weighted by Crippen LogP contribution is -2.41. The molecule has 1 aliphatic carbocycles. The maximum absolute atomic E-state index is 12.5. The summed E-state index contributed by atoms with van der Waals surface area (Å²) in [7, 11) is 1.42. The number of alkyl halides is 3. The summed E-state index contributed by atoms with van der Waals surface area (Å²) >= 11 is 0.